The van der Waals surface area contributed by atoms with Gasteiger partial charge in [-0.1, -0.05) is 19.3 Å². The maximum absolute atomic E-state index is 13.0. The second kappa shape index (κ2) is 6.67. The third kappa shape index (κ3) is 2.90. The fraction of sp³-hybridized carbons (Fsp3) is 0.588. The molecule has 1 unspecified atom stereocenters. The Balaban J connectivity index is 1.55. The van der Waals surface area contributed by atoms with Gasteiger partial charge in [-0.05, 0) is 48.9 Å². The van der Waals surface area contributed by atoms with Crippen molar-refractivity contribution in [1.29, 1.82) is 0 Å². The lowest BCUT2D eigenvalue weighted by Crippen LogP contribution is -2.41. The van der Waals surface area contributed by atoms with E-state index in [0.29, 0.717) is 23.5 Å². The Morgan fingerprint density at radius 3 is 2.83 bits per heavy atom. The molecule has 1 aliphatic heterocycles. The van der Waals surface area contributed by atoms with E-state index in [-0.39, 0.29) is 5.91 Å². The topological polar surface area (TPSA) is 87.7 Å². The van der Waals surface area contributed by atoms with Gasteiger partial charge in [0.1, 0.15) is 5.69 Å². The highest BCUT2D eigenvalue weighted by Crippen LogP contribution is 2.35. The first-order chi connectivity index (χ1) is 11.8. The van der Waals surface area contributed by atoms with Crippen LogP contribution in [0, 0.1) is 5.92 Å². The standard InChI is InChI=1S/C17H22N6O/c24-17(14-11-13(8-9-18-14)16-19-21-22-20-16)23-10-4-7-15(23)12-5-2-1-3-6-12/h8-9,11-12,15H,1-7,10H2,(H,19,20,21,22). The van der Waals surface area contributed by atoms with Gasteiger partial charge in [-0.2, -0.15) is 5.21 Å². The van der Waals surface area contributed by atoms with Crippen molar-refractivity contribution in [1.82, 2.24) is 30.5 Å². The highest BCUT2D eigenvalue weighted by atomic mass is 16.2. The number of carbonyl (C=O) groups excluding carboxylic acids is 1. The molecule has 0 aromatic carbocycles. The lowest BCUT2D eigenvalue weighted by molar-refractivity contribution is 0.0655. The van der Waals surface area contributed by atoms with E-state index in [9.17, 15) is 4.79 Å². The van der Waals surface area contributed by atoms with Crippen LogP contribution in [0.5, 0.6) is 0 Å². The molecule has 7 nitrogen and oxygen atoms in total. The van der Waals surface area contributed by atoms with Gasteiger partial charge in [0.2, 0.25) is 5.82 Å². The zero-order valence-corrected chi connectivity index (χ0v) is 13.7. The smallest absolute Gasteiger partial charge is 0.272 e. The summed E-state index contributed by atoms with van der Waals surface area (Å²) in [6, 6.07) is 3.95. The molecule has 7 heteroatoms. The molecule has 126 valence electrons. The Kier molecular flexibility index (Phi) is 4.23. The zero-order valence-electron chi connectivity index (χ0n) is 13.7. The van der Waals surface area contributed by atoms with E-state index in [1.54, 1.807) is 18.3 Å². The van der Waals surface area contributed by atoms with E-state index >= 15 is 0 Å². The van der Waals surface area contributed by atoms with E-state index in [2.05, 4.69) is 30.5 Å². The first kappa shape index (κ1) is 15.2. The normalized spacial score (nSPS) is 22.0. The second-order valence-corrected chi connectivity index (χ2v) is 6.77. The maximum atomic E-state index is 13.0. The zero-order chi connectivity index (χ0) is 16.4. The fourth-order valence-electron chi connectivity index (χ4n) is 4.17. The molecule has 1 atom stereocenters. The van der Waals surface area contributed by atoms with Crippen LogP contribution < -0.4 is 0 Å². The predicted molar refractivity (Wildman–Crippen MR) is 88.0 cm³/mol. The quantitative estimate of drug-likeness (QED) is 0.936. The number of likely N-dealkylation sites (tertiary alicyclic amines) is 1. The Morgan fingerprint density at radius 2 is 2.04 bits per heavy atom. The van der Waals surface area contributed by atoms with Crippen LogP contribution >= 0.6 is 0 Å². The molecule has 3 heterocycles. The van der Waals surface area contributed by atoms with Gasteiger partial charge in [0.15, 0.2) is 0 Å². The SMILES string of the molecule is O=C(c1cc(-c2nn[nH]n2)ccn1)N1CCCC1C1CCCCC1. The molecule has 4 rings (SSSR count). The van der Waals surface area contributed by atoms with Crippen LogP contribution in [-0.4, -0.2) is 49.0 Å². The average Bonchev–Trinajstić information content (AvgIpc) is 3.34. The number of aromatic nitrogens is 5. The van der Waals surface area contributed by atoms with Gasteiger partial charge in [-0.15, -0.1) is 10.2 Å². The van der Waals surface area contributed by atoms with Crippen molar-refractivity contribution in [2.24, 2.45) is 5.92 Å². The number of tetrazole rings is 1. The summed E-state index contributed by atoms with van der Waals surface area (Å²) in [5.41, 5.74) is 1.23. The molecule has 2 fully saturated rings. The van der Waals surface area contributed by atoms with Crippen LogP contribution in [-0.2, 0) is 0 Å². The van der Waals surface area contributed by atoms with E-state index in [4.69, 9.17) is 0 Å². The van der Waals surface area contributed by atoms with Gasteiger partial charge in [0.05, 0.1) is 0 Å². The summed E-state index contributed by atoms with van der Waals surface area (Å²) in [6.45, 7) is 0.841. The van der Waals surface area contributed by atoms with Crippen LogP contribution in [0.3, 0.4) is 0 Å². The van der Waals surface area contributed by atoms with Crippen molar-refractivity contribution in [3.63, 3.8) is 0 Å². The monoisotopic (exact) mass is 326 g/mol. The molecule has 1 N–H and O–H groups in total. The van der Waals surface area contributed by atoms with Crippen LogP contribution in [0.4, 0.5) is 0 Å². The number of amides is 1. The molecule has 0 radical (unpaired) electrons. The van der Waals surface area contributed by atoms with Gasteiger partial charge < -0.3 is 4.90 Å². The molecule has 2 aliphatic rings. The molecule has 1 aliphatic carbocycles. The minimum atomic E-state index is 0.0356. The summed E-state index contributed by atoms with van der Waals surface area (Å²) in [4.78, 5) is 19.4. The predicted octanol–water partition coefficient (Wildman–Crippen LogP) is 2.45. The van der Waals surface area contributed by atoms with E-state index < -0.39 is 0 Å². The minimum Gasteiger partial charge on any atom is -0.334 e. The van der Waals surface area contributed by atoms with Crippen molar-refractivity contribution >= 4 is 5.91 Å². The number of hydrogen-bond acceptors (Lipinski definition) is 5. The molecule has 24 heavy (non-hydrogen) atoms. The van der Waals surface area contributed by atoms with Crippen molar-refractivity contribution in [2.45, 2.75) is 51.0 Å². The third-order valence-corrected chi connectivity index (χ3v) is 5.34. The summed E-state index contributed by atoms with van der Waals surface area (Å²) in [6.07, 6.45) is 10.3. The second-order valence-electron chi connectivity index (χ2n) is 6.77. The Morgan fingerprint density at radius 1 is 1.17 bits per heavy atom. The molecular weight excluding hydrogens is 304 g/mol. The molecule has 1 saturated heterocycles. The molecule has 2 aromatic rings. The highest BCUT2D eigenvalue weighted by molar-refractivity contribution is 5.93. The first-order valence-electron chi connectivity index (χ1n) is 8.84. The van der Waals surface area contributed by atoms with Gasteiger partial charge >= 0.3 is 0 Å². The van der Waals surface area contributed by atoms with Gasteiger partial charge in [-0.25, -0.2) is 0 Å². The number of rotatable bonds is 3. The molecular formula is C17H22N6O. The molecule has 0 bridgehead atoms. The molecule has 0 spiro atoms. The summed E-state index contributed by atoms with van der Waals surface area (Å²) in [5.74, 6) is 1.18. The lowest BCUT2D eigenvalue weighted by atomic mass is 9.83. The fourth-order valence-corrected chi connectivity index (χ4v) is 4.17. The van der Waals surface area contributed by atoms with Crippen LogP contribution in [0.1, 0.15) is 55.4 Å². The van der Waals surface area contributed by atoms with Crippen molar-refractivity contribution in [3.05, 3.63) is 24.0 Å². The minimum absolute atomic E-state index is 0.0356. The van der Waals surface area contributed by atoms with Gasteiger partial charge in [0, 0.05) is 24.3 Å². The molecule has 2 aromatic heterocycles. The summed E-state index contributed by atoms with van der Waals surface area (Å²) in [7, 11) is 0. The Bertz CT molecular complexity index is 695. The number of pyridine rings is 1. The number of nitrogens with zero attached hydrogens (tertiary/aromatic N) is 5. The summed E-state index contributed by atoms with van der Waals surface area (Å²) >= 11 is 0. The number of carbonyl (C=O) groups is 1. The maximum Gasteiger partial charge on any atom is 0.272 e. The Hall–Kier alpha value is -2.31. The highest BCUT2D eigenvalue weighted by Gasteiger charge is 2.35. The number of hydrogen-bond donors (Lipinski definition) is 1. The number of nitrogens with one attached hydrogen (secondary N) is 1. The summed E-state index contributed by atoms with van der Waals surface area (Å²) in [5, 5.41) is 14.0. The van der Waals surface area contributed by atoms with Crippen LogP contribution in [0.2, 0.25) is 0 Å². The molecule has 1 saturated carbocycles. The number of aromatic amines is 1. The molecule has 1 amide bonds. The van der Waals surface area contributed by atoms with Gasteiger partial charge in [0.25, 0.3) is 5.91 Å². The van der Waals surface area contributed by atoms with Crippen molar-refractivity contribution < 1.29 is 4.79 Å². The largest absolute Gasteiger partial charge is 0.334 e. The number of H-pyrrole nitrogens is 1. The summed E-state index contributed by atoms with van der Waals surface area (Å²) < 4.78 is 0. The van der Waals surface area contributed by atoms with E-state index in [0.717, 1.165) is 24.9 Å². The Labute approximate surface area is 140 Å². The van der Waals surface area contributed by atoms with Crippen molar-refractivity contribution in [2.75, 3.05) is 6.54 Å². The average molecular weight is 326 g/mol. The first-order valence-corrected chi connectivity index (χ1v) is 8.84. The van der Waals surface area contributed by atoms with Gasteiger partial charge in [-0.3, -0.25) is 9.78 Å². The van der Waals surface area contributed by atoms with Crippen molar-refractivity contribution in [3.8, 4) is 11.4 Å². The lowest BCUT2D eigenvalue weighted by Gasteiger charge is -2.34. The third-order valence-electron chi connectivity index (χ3n) is 5.34. The van der Waals surface area contributed by atoms with E-state index in [1.165, 1.54) is 32.1 Å². The van der Waals surface area contributed by atoms with Crippen LogP contribution in [0.15, 0.2) is 18.3 Å². The van der Waals surface area contributed by atoms with Crippen LogP contribution in [0.25, 0.3) is 11.4 Å². The van der Waals surface area contributed by atoms with E-state index in [1.807, 2.05) is 0 Å².